The SMILES string of the molecule is CCOC(=O)C(CC)NCCOC. The van der Waals surface area contributed by atoms with Gasteiger partial charge in [0.2, 0.25) is 0 Å². The summed E-state index contributed by atoms with van der Waals surface area (Å²) in [5, 5.41) is 3.06. The fourth-order valence-corrected chi connectivity index (χ4v) is 0.972. The van der Waals surface area contributed by atoms with Crippen LogP contribution in [0.25, 0.3) is 0 Å². The average Bonchev–Trinajstić information content (AvgIpc) is 2.13. The van der Waals surface area contributed by atoms with Crippen LogP contribution in [0, 0.1) is 0 Å². The van der Waals surface area contributed by atoms with E-state index in [9.17, 15) is 4.79 Å². The molecular weight excluding hydrogens is 170 g/mol. The van der Waals surface area contributed by atoms with Crippen LogP contribution in [0.4, 0.5) is 0 Å². The minimum absolute atomic E-state index is 0.180. The van der Waals surface area contributed by atoms with Crippen molar-refractivity contribution < 1.29 is 14.3 Å². The van der Waals surface area contributed by atoms with Gasteiger partial charge in [-0.25, -0.2) is 0 Å². The lowest BCUT2D eigenvalue weighted by Crippen LogP contribution is -2.39. The van der Waals surface area contributed by atoms with Crippen LogP contribution in [-0.2, 0) is 14.3 Å². The molecule has 1 N–H and O–H groups in total. The number of rotatable bonds is 7. The zero-order chi connectivity index (χ0) is 10.1. The molecule has 4 nitrogen and oxygen atoms in total. The molecule has 1 atom stereocenters. The number of carbonyl (C=O) groups excluding carboxylic acids is 1. The van der Waals surface area contributed by atoms with Crippen molar-refractivity contribution in [2.75, 3.05) is 26.9 Å². The van der Waals surface area contributed by atoms with Gasteiger partial charge in [-0.1, -0.05) is 6.92 Å². The number of hydrogen-bond acceptors (Lipinski definition) is 4. The average molecular weight is 189 g/mol. The highest BCUT2D eigenvalue weighted by atomic mass is 16.5. The first-order valence-corrected chi connectivity index (χ1v) is 4.65. The fraction of sp³-hybridized carbons (Fsp3) is 0.889. The van der Waals surface area contributed by atoms with E-state index in [4.69, 9.17) is 9.47 Å². The van der Waals surface area contributed by atoms with Crippen LogP contribution in [0.2, 0.25) is 0 Å². The van der Waals surface area contributed by atoms with E-state index >= 15 is 0 Å². The first kappa shape index (κ1) is 12.4. The van der Waals surface area contributed by atoms with Gasteiger partial charge in [0.1, 0.15) is 6.04 Å². The van der Waals surface area contributed by atoms with E-state index in [1.807, 2.05) is 6.92 Å². The highest BCUT2D eigenvalue weighted by Crippen LogP contribution is 1.94. The minimum Gasteiger partial charge on any atom is -0.465 e. The summed E-state index contributed by atoms with van der Waals surface area (Å²) in [4.78, 5) is 11.2. The van der Waals surface area contributed by atoms with Gasteiger partial charge in [-0.15, -0.1) is 0 Å². The summed E-state index contributed by atoms with van der Waals surface area (Å²) in [5.74, 6) is -0.180. The number of methoxy groups -OCH3 is 1. The molecule has 0 aromatic heterocycles. The summed E-state index contributed by atoms with van der Waals surface area (Å²) in [6.45, 7) is 5.46. The largest absolute Gasteiger partial charge is 0.465 e. The maximum absolute atomic E-state index is 11.2. The number of hydrogen-bond donors (Lipinski definition) is 1. The van der Waals surface area contributed by atoms with Gasteiger partial charge < -0.3 is 14.8 Å². The zero-order valence-corrected chi connectivity index (χ0v) is 8.63. The van der Waals surface area contributed by atoms with Crippen molar-refractivity contribution in [3.63, 3.8) is 0 Å². The highest BCUT2D eigenvalue weighted by Gasteiger charge is 2.15. The minimum atomic E-state index is -0.199. The molecule has 0 aliphatic carbocycles. The lowest BCUT2D eigenvalue weighted by atomic mass is 10.2. The van der Waals surface area contributed by atoms with E-state index in [0.717, 1.165) is 6.42 Å². The van der Waals surface area contributed by atoms with Gasteiger partial charge in [-0.3, -0.25) is 4.79 Å². The molecule has 0 aliphatic heterocycles. The van der Waals surface area contributed by atoms with Gasteiger partial charge in [0, 0.05) is 13.7 Å². The van der Waals surface area contributed by atoms with Crippen molar-refractivity contribution in [2.45, 2.75) is 26.3 Å². The molecule has 0 radical (unpaired) electrons. The van der Waals surface area contributed by atoms with Crippen LogP contribution in [0.1, 0.15) is 20.3 Å². The molecule has 0 amide bonds. The van der Waals surface area contributed by atoms with Crippen molar-refractivity contribution >= 4 is 5.97 Å². The molecule has 0 rings (SSSR count). The summed E-state index contributed by atoms with van der Waals surface area (Å²) >= 11 is 0. The molecule has 1 unspecified atom stereocenters. The van der Waals surface area contributed by atoms with Gasteiger partial charge >= 0.3 is 5.97 Å². The Labute approximate surface area is 79.6 Å². The topological polar surface area (TPSA) is 47.6 Å². The van der Waals surface area contributed by atoms with Gasteiger partial charge in [-0.2, -0.15) is 0 Å². The lowest BCUT2D eigenvalue weighted by Gasteiger charge is -2.14. The molecule has 0 saturated heterocycles. The summed E-state index contributed by atoms with van der Waals surface area (Å²) in [6.07, 6.45) is 0.739. The molecule has 4 heteroatoms. The Morgan fingerprint density at radius 2 is 2.15 bits per heavy atom. The first-order chi connectivity index (χ1) is 6.26. The Hall–Kier alpha value is -0.610. The molecule has 0 fully saturated rings. The summed E-state index contributed by atoms with van der Waals surface area (Å²) in [5.41, 5.74) is 0. The normalized spacial score (nSPS) is 12.5. The Bertz CT molecular complexity index is 139. The number of carbonyl (C=O) groups is 1. The second kappa shape index (κ2) is 8.01. The standard InChI is InChI=1S/C9H19NO3/c1-4-8(9(11)13-5-2)10-6-7-12-3/h8,10H,4-7H2,1-3H3. The van der Waals surface area contributed by atoms with Gasteiger partial charge in [-0.05, 0) is 13.3 Å². The van der Waals surface area contributed by atoms with Crippen LogP contribution in [0.15, 0.2) is 0 Å². The second-order valence-corrected chi connectivity index (χ2v) is 2.66. The van der Waals surface area contributed by atoms with Crippen molar-refractivity contribution in [3.05, 3.63) is 0 Å². The Morgan fingerprint density at radius 1 is 1.46 bits per heavy atom. The lowest BCUT2D eigenvalue weighted by molar-refractivity contribution is -0.145. The van der Waals surface area contributed by atoms with E-state index in [1.54, 1.807) is 14.0 Å². The van der Waals surface area contributed by atoms with Crippen LogP contribution in [-0.4, -0.2) is 38.9 Å². The number of ether oxygens (including phenoxy) is 2. The molecule has 0 heterocycles. The highest BCUT2D eigenvalue weighted by molar-refractivity contribution is 5.75. The van der Waals surface area contributed by atoms with E-state index in [0.29, 0.717) is 19.8 Å². The Kier molecular flexibility index (Phi) is 7.63. The summed E-state index contributed by atoms with van der Waals surface area (Å²) in [7, 11) is 1.63. The van der Waals surface area contributed by atoms with Crippen molar-refractivity contribution in [1.82, 2.24) is 5.32 Å². The summed E-state index contributed by atoms with van der Waals surface area (Å²) < 4.78 is 9.75. The molecule has 0 aromatic carbocycles. The fourth-order valence-electron chi connectivity index (χ4n) is 0.972. The zero-order valence-electron chi connectivity index (χ0n) is 8.63. The predicted molar refractivity (Wildman–Crippen MR) is 50.6 cm³/mol. The molecule has 0 spiro atoms. The van der Waals surface area contributed by atoms with E-state index in [1.165, 1.54) is 0 Å². The van der Waals surface area contributed by atoms with Crippen molar-refractivity contribution in [2.24, 2.45) is 0 Å². The smallest absolute Gasteiger partial charge is 0.323 e. The molecule has 78 valence electrons. The van der Waals surface area contributed by atoms with Crippen LogP contribution in [0.3, 0.4) is 0 Å². The monoisotopic (exact) mass is 189 g/mol. The van der Waals surface area contributed by atoms with E-state index in [2.05, 4.69) is 5.32 Å². The third-order valence-corrected chi connectivity index (χ3v) is 1.68. The summed E-state index contributed by atoms with van der Waals surface area (Å²) in [6, 6.07) is -0.199. The third kappa shape index (κ3) is 5.60. The number of esters is 1. The Balaban J connectivity index is 3.67. The molecule has 0 saturated carbocycles. The van der Waals surface area contributed by atoms with Crippen LogP contribution >= 0.6 is 0 Å². The quantitative estimate of drug-likeness (QED) is 0.469. The molecule has 13 heavy (non-hydrogen) atoms. The molecule has 0 aromatic rings. The molecule has 0 bridgehead atoms. The molecule has 0 aliphatic rings. The maximum atomic E-state index is 11.2. The van der Waals surface area contributed by atoms with Crippen LogP contribution in [0.5, 0.6) is 0 Å². The van der Waals surface area contributed by atoms with Gasteiger partial charge in [0.25, 0.3) is 0 Å². The van der Waals surface area contributed by atoms with Gasteiger partial charge in [0.05, 0.1) is 13.2 Å². The third-order valence-electron chi connectivity index (χ3n) is 1.68. The molecular formula is C9H19NO3. The number of nitrogens with one attached hydrogen (secondary N) is 1. The van der Waals surface area contributed by atoms with Crippen molar-refractivity contribution in [3.8, 4) is 0 Å². The van der Waals surface area contributed by atoms with E-state index < -0.39 is 0 Å². The Morgan fingerprint density at radius 3 is 2.62 bits per heavy atom. The van der Waals surface area contributed by atoms with Gasteiger partial charge in [0.15, 0.2) is 0 Å². The van der Waals surface area contributed by atoms with Crippen LogP contribution < -0.4 is 5.32 Å². The first-order valence-electron chi connectivity index (χ1n) is 4.65. The predicted octanol–water partition coefficient (Wildman–Crippen LogP) is 0.564. The van der Waals surface area contributed by atoms with E-state index in [-0.39, 0.29) is 12.0 Å². The maximum Gasteiger partial charge on any atom is 0.323 e. The second-order valence-electron chi connectivity index (χ2n) is 2.66. The van der Waals surface area contributed by atoms with Crippen molar-refractivity contribution in [1.29, 1.82) is 0 Å².